The zero-order valence-corrected chi connectivity index (χ0v) is 10.8. The SMILES string of the molecule is Cc1ncn(-c2ccc(CCN)c(Cl)c2)c1C. The molecule has 2 N–H and O–H groups in total. The molecule has 0 radical (unpaired) electrons. The number of hydrogen-bond acceptors (Lipinski definition) is 2. The fourth-order valence-corrected chi connectivity index (χ4v) is 2.07. The third-order valence-electron chi connectivity index (χ3n) is 2.98. The second kappa shape index (κ2) is 4.90. The van der Waals surface area contributed by atoms with Gasteiger partial charge in [0.05, 0.1) is 12.0 Å². The van der Waals surface area contributed by atoms with E-state index >= 15 is 0 Å². The smallest absolute Gasteiger partial charge is 0.0997 e. The quantitative estimate of drug-likeness (QED) is 0.909. The van der Waals surface area contributed by atoms with Gasteiger partial charge in [0.25, 0.3) is 0 Å². The van der Waals surface area contributed by atoms with Crippen LogP contribution in [0.4, 0.5) is 0 Å². The summed E-state index contributed by atoms with van der Waals surface area (Å²) in [4.78, 5) is 4.28. The second-order valence-electron chi connectivity index (χ2n) is 4.10. The molecule has 0 saturated heterocycles. The molecule has 3 nitrogen and oxygen atoms in total. The average molecular weight is 250 g/mol. The third kappa shape index (κ3) is 2.35. The van der Waals surface area contributed by atoms with Crippen LogP contribution >= 0.6 is 11.6 Å². The van der Waals surface area contributed by atoms with Crippen LogP contribution in [0.15, 0.2) is 24.5 Å². The molecule has 0 aliphatic rings. The van der Waals surface area contributed by atoms with E-state index in [0.29, 0.717) is 6.54 Å². The fourth-order valence-electron chi connectivity index (χ4n) is 1.80. The molecule has 0 fully saturated rings. The lowest BCUT2D eigenvalue weighted by Crippen LogP contribution is -2.04. The number of benzene rings is 1. The highest BCUT2D eigenvalue weighted by Crippen LogP contribution is 2.22. The summed E-state index contributed by atoms with van der Waals surface area (Å²) in [5, 5.41) is 0.763. The van der Waals surface area contributed by atoms with E-state index in [1.807, 2.05) is 42.9 Å². The van der Waals surface area contributed by atoms with E-state index < -0.39 is 0 Å². The van der Waals surface area contributed by atoms with Gasteiger partial charge in [0.2, 0.25) is 0 Å². The lowest BCUT2D eigenvalue weighted by Gasteiger charge is -2.09. The van der Waals surface area contributed by atoms with Crippen molar-refractivity contribution in [2.45, 2.75) is 20.3 Å². The minimum Gasteiger partial charge on any atom is -0.330 e. The first-order chi connectivity index (χ1) is 8.13. The topological polar surface area (TPSA) is 43.8 Å². The van der Waals surface area contributed by atoms with Crippen molar-refractivity contribution in [3.63, 3.8) is 0 Å². The van der Waals surface area contributed by atoms with Crippen LogP contribution in [0, 0.1) is 13.8 Å². The summed E-state index contributed by atoms with van der Waals surface area (Å²) in [6, 6.07) is 6.03. The Bertz CT molecular complexity index is 531. The van der Waals surface area contributed by atoms with E-state index in [-0.39, 0.29) is 0 Å². The van der Waals surface area contributed by atoms with Gasteiger partial charge in [0.15, 0.2) is 0 Å². The van der Waals surface area contributed by atoms with Crippen LogP contribution in [-0.2, 0) is 6.42 Å². The molecule has 0 spiro atoms. The predicted molar refractivity (Wildman–Crippen MR) is 70.8 cm³/mol. The summed E-state index contributed by atoms with van der Waals surface area (Å²) in [6.07, 6.45) is 2.62. The summed E-state index contributed by atoms with van der Waals surface area (Å²) in [5.74, 6) is 0. The average Bonchev–Trinajstić information content (AvgIpc) is 2.63. The summed E-state index contributed by atoms with van der Waals surface area (Å²) in [7, 11) is 0. The maximum absolute atomic E-state index is 6.23. The summed E-state index contributed by atoms with van der Waals surface area (Å²) in [5.41, 5.74) is 9.82. The number of imidazole rings is 1. The standard InChI is InChI=1S/C13H16ClN3/c1-9-10(2)17(8-16-9)12-4-3-11(5-6-15)13(14)7-12/h3-4,7-8H,5-6,15H2,1-2H3. The van der Waals surface area contributed by atoms with Crippen molar-refractivity contribution < 1.29 is 0 Å². The Morgan fingerprint density at radius 1 is 1.35 bits per heavy atom. The van der Waals surface area contributed by atoms with E-state index in [1.54, 1.807) is 0 Å². The number of nitrogens with zero attached hydrogens (tertiary/aromatic N) is 2. The number of halogens is 1. The molecule has 1 aromatic heterocycles. The zero-order chi connectivity index (χ0) is 12.4. The molecular formula is C13H16ClN3. The van der Waals surface area contributed by atoms with Crippen molar-refractivity contribution in [2.75, 3.05) is 6.54 Å². The largest absolute Gasteiger partial charge is 0.330 e. The summed E-state index contributed by atoms with van der Waals surface area (Å²) in [6.45, 7) is 4.66. The number of nitrogens with two attached hydrogens (primary N) is 1. The van der Waals surface area contributed by atoms with Crippen LogP contribution < -0.4 is 5.73 Å². The maximum Gasteiger partial charge on any atom is 0.0997 e. The normalized spacial score (nSPS) is 10.8. The Balaban J connectivity index is 2.41. The van der Waals surface area contributed by atoms with Crippen molar-refractivity contribution >= 4 is 11.6 Å². The molecule has 0 saturated carbocycles. The molecule has 0 aliphatic heterocycles. The monoisotopic (exact) mass is 249 g/mol. The van der Waals surface area contributed by atoms with Crippen molar-refractivity contribution in [3.05, 3.63) is 46.5 Å². The fraction of sp³-hybridized carbons (Fsp3) is 0.308. The molecule has 1 heterocycles. The zero-order valence-electron chi connectivity index (χ0n) is 10.1. The van der Waals surface area contributed by atoms with Gasteiger partial charge in [0.1, 0.15) is 0 Å². The van der Waals surface area contributed by atoms with Crippen LogP contribution in [0.5, 0.6) is 0 Å². The molecule has 2 rings (SSSR count). The number of hydrogen-bond donors (Lipinski definition) is 1. The highest BCUT2D eigenvalue weighted by atomic mass is 35.5. The molecule has 0 amide bonds. The first-order valence-corrected chi connectivity index (χ1v) is 6.00. The van der Waals surface area contributed by atoms with E-state index in [0.717, 1.165) is 34.1 Å². The Hall–Kier alpha value is -1.32. The minimum absolute atomic E-state index is 0.613. The van der Waals surface area contributed by atoms with Gasteiger partial charge in [-0.1, -0.05) is 17.7 Å². The summed E-state index contributed by atoms with van der Waals surface area (Å²) >= 11 is 6.23. The maximum atomic E-state index is 6.23. The Labute approximate surface area is 106 Å². The molecule has 90 valence electrons. The third-order valence-corrected chi connectivity index (χ3v) is 3.33. The van der Waals surface area contributed by atoms with Gasteiger partial charge in [-0.3, -0.25) is 0 Å². The van der Waals surface area contributed by atoms with Gasteiger partial charge in [-0.15, -0.1) is 0 Å². The predicted octanol–water partition coefficient (Wildman–Crippen LogP) is 2.64. The van der Waals surface area contributed by atoms with Gasteiger partial charge < -0.3 is 10.3 Å². The lowest BCUT2D eigenvalue weighted by atomic mass is 10.1. The van der Waals surface area contributed by atoms with Gasteiger partial charge in [-0.05, 0) is 44.5 Å². The lowest BCUT2D eigenvalue weighted by molar-refractivity contribution is 0.959. The molecule has 0 unspecified atom stereocenters. The summed E-state index contributed by atoms with van der Waals surface area (Å²) < 4.78 is 2.04. The Morgan fingerprint density at radius 3 is 2.65 bits per heavy atom. The van der Waals surface area contributed by atoms with Crippen molar-refractivity contribution in [3.8, 4) is 5.69 Å². The van der Waals surface area contributed by atoms with Gasteiger partial charge in [0, 0.05) is 16.4 Å². The van der Waals surface area contributed by atoms with Gasteiger partial charge >= 0.3 is 0 Å². The second-order valence-corrected chi connectivity index (χ2v) is 4.51. The molecule has 1 aromatic carbocycles. The number of aromatic nitrogens is 2. The van der Waals surface area contributed by atoms with Crippen molar-refractivity contribution in [2.24, 2.45) is 5.73 Å². The number of aryl methyl sites for hydroxylation is 1. The molecule has 2 aromatic rings. The first-order valence-electron chi connectivity index (χ1n) is 5.63. The van der Waals surface area contributed by atoms with Crippen LogP contribution in [0.1, 0.15) is 17.0 Å². The molecule has 0 aliphatic carbocycles. The molecular weight excluding hydrogens is 234 g/mol. The molecule has 0 bridgehead atoms. The van der Waals surface area contributed by atoms with Gasteiger partial charge in [-0.25, -0.2) is 4.98 Å². The minimum atomic E-state index is 0.613. The van der Waals surface area contributed by atoms with Crippen molar-refractivity contribution in [1.29, 1.82) is 0 Å². The highest BCUT2D eigenvalue weighted by Gasteiger charge is 2.06. The van der Waals surface area contributed by atoms with Gasteiger partial charge in [-0.2, -0.15) is 0 Å². The van der Waals surface area contributed by atoms with Crippen LogP contribution in [0.3, 0.4) is 0 Å². The molecule has 0 atom stereocenters. The highest BCUT2D eigenvalue weighted by molar-refractivity contribution is 6.31. The van der Waals surface area contributed by atoms with E-state index in [9.17, 15) is 0 Å². The van der Waals surface area contributed by atoms with E-state index in [2.05, 4.69) is 4.98 Å². The first kappa shape index (κ1) is 12.1. The molecule has 17 heavy (non-hydrogen) atoms. The molecule has 4 heteroatoms. The van der Waals surface area contributed by atoms with Crippen LogP contribution in [0.2, 0.25) is 5.02 Å². The van der Waals surface area contributed by atoms with Crippen LogP contribution in [-0.4, -0.2) is 16.1 Å². The van der Waals surface area contributed by atoms with E-state index in [4.69, 9.17) is 17.3 Å². The number of rotatable bonds is 3. The van der Waals surface area contributed by atoms with Crippen LogP contribution in [0.25, 0.3) is 5.69 Å². The Kier molecular flexibility index (Phi) is 3.50. The van der Waals surface area contributed by atoms with E-state index in [1.165, 1.54) is 0 Å². The Morgan fingerprint density at radius 2 is 2.12 bits per heavy atom. The van der Waals surface area contributed by atoms with Crippen molar-refractivity contribution in [1.82, 2.24) is 9.55 Å².